The van der Waals surface area contributed by atoms with Gasteiger partial charge in [0.2, 0.25) is 0 Å². The lowest BCUT2D eigenvalue weighted by molar-refractivity contribution is 0.342. The van der Waals surface area contributed by atoms with Crippen LogP contribution in [0.1, 0.15) is 17.2 Å². The van der Waals surface area contributed by atoms with Gasteiger partial charge in [0.25, 0.3) is 0 Å². The van der Waals surface area contributed by atoms with Crippen molar-refractivity contribution in [3.63, 3.8) is 0 Å². The molecule has 0 radical (unpaired) electrons. The molecule has 2 nitrogen and oxygen atoms in total. The van der Waals surface area contributed by atoms with Gasteiger partial charge in [-0.2, -0.15) is 0 Å². The van der Waals surface area contributed by atoms with Gasteiger partial charge in [0.15, 0.2) is 0 Å². The molecular weight excluding hydrogens is 234 g/mol. The van der Waals surface area contributed by atoms with E-state index >= 15 is 0 Å². The molecule has 2 rings (SSSR count). The first-order chi connectivity index (χ1) is 9.42. The van der Waals surface area contributed by atoms with Crippen molar-refractivity contribution in [1.82, 2.24) is 5.32 Å². The molecule has 0 bridgehead atoms. The molecule has 0 fully saturated rings. The quantitative estimate of drug-likeness (QED) is 0.776. The molecule has 0 aliphatic carbocycles. The number of benzene rings is 2. The van der Waals surface area contributed by atoms with Gasteiger partial charge in [-0.3, -0.25) is 0 Å². The molecule has 0 heterocycles. The molecule has 19 heavy (non-hydrogen) atoms. The van der Waals surface area contributed by atoms with E-state index in [9.17, 15) is 0 Å². The van der Waals surface area contributed by atoms with Gasteiger partial charge in [0.05, 0.1) is 12.6 Å². The van der Waals surface area contributed by atoms with Gasteiger partial charge < -0.3 is 10.4 Å². The summed E-state index contributed by atoms with van der Waals surface area (Å²) in [4.78, 5) is 0. The molecule has 0 aliphatic heterocycles. The largest absolute Gasteiger partial charge is 0.392 e. The Labute approximate surface area is 114 Å². The van der Waals surface area contributed by atoms with Crippen molar-refractivity contribution in [2.24, 2.45) is 0 Å². The number of hydrogen-bond acceptors (Lipinski definition) is 2. The zero-order valence-electron chi connectivity index (χ0n) is 10.9. The monoisotopic (exact) mass is 253 g/mol. The fourth-order valence-electron chi connectivity index (χ4n) is 2.06. The van der Waals surface area contributed by atoms with Crippen LogP contribution in [0.5, 0.6) is 0 Å². The van der Waals surface area contributed by atoms with Gasteiger partial charge in [-0.25, -0.2) is 0 Å². The number of aliphatic hydroxyl groups is 1. The molecule has 2 N–H and O–H groups in total. The predicted molar refractivity (Wildman–Crippen MR) is 79.0 cm³/mol. The normalized spacial score (nSPS) is 11.3. The summed E-state index contributed by atoms with van der Waals surface area (Å²) < 4.78 is 0. The molecule has 0 spiro atoms. The summed E-state index contributed by atoms with van der Waals surface area (Å²) in [5, 5.41) is 12.2. The van der Waals surface area contributed by atoms with Crippen LogP contribution < -0.4 is 5.32 Å². The molecule has 2 aromatic rings. The van der Waals surface area contributed by atoms with Gasteiger partial charge >= 0.3 is 0 Å². The Bertz CT molecular complexity index is 454. The van der Waals surface area contributed by atoms with Crippen LogP contribution in [-0.4, -0.2) is 18.3 Å². The van der Waals surface area contributed by atoms with Crippen LogP contribution in [0.3, 0.4) is 0 Å². The third-order valence-corrected chi connectivity index (χ3v) is 2.98. The Kier molecular flexibility index (Phi) is 5.35. The fraction of sp³-hybridized carbons (Fsp3) is 0.176. The minimum absolute atomic E-state index is 0.0863. The van der Waals surface area contributed by atoms with Crippen LogP contribution in [0.15, 0.2) is 72.8 Å². The summed E-state index contributed by atoms with van der Waals surface area (Å²) in [6.07, 6.45) is 3.69. The average molecular weight is 253 g/mol. The van der Waals surface area contributed by atoms with Crippen molar-refractivity contribution >= 4 is 0 Å². The van der Waals surface area contributed by atoms with E-state index in [4.69, 9.17) is 5.11 Å². The van der Waals surface area contributed by atoms with Crippen LogP contribution in [0, 0.1) is 0 Å². The van der Waals surface area contributed by atoms with Crippen molar-refractivity contribution in [2.45, 2.75) is 6.04 Å². The number of nitrogens with one attached hydrogen (secondary N) is 1. The molecule has 2 aromatic carbocycles. The molecule has 0 unspecified atom stereocenters. The highest BCUT2D eigenvalue weighted by molar-refractivity contribution is 5.31. The van der Waals surface area contributed by atoms with E-state index < -0.39 is 0 Å². The zero-order valence-corrected chi connectivity index (χ0v) is 10.9. The van der Waals surface area contributed by atoms with E-state index in [1.165, 1.54) is 11.1 Å². The Balaban J connectivity index is 2.17. The standard InChI is InChI=1S/C17H19NO/c19-14-8-7-13-18-17(15-9-3-1-4-10-15)16-11-5-2-6-12-16/h1-12,17-19H,13-14H2/b8-7-. The van der Waals surface area contributed by atoms with Crippen LogP contribution in [0.25, 0.3) is 0 Å². The molecule has 0 saturated carbocycles. The van der Waals surface area contributed by atoms with Gasteiger partial charge in [0, 0.05) is 6.54 Å². The van der Waals surface area contributed by atoms with E-state index in [1.807, 2.05) is 18.2 Å². The minimum Gasteiger partial charge on any atom is -0.392 e. The van der Waals surface area contributed by atoms with E-state index in [2.05, 4.69) is 53.8 Å². The van der Waals surface area contributed by atoms with Crippen LogP contribution in [0.4, 0.5) is 0 Å². The SMILES string of the molecule is OC/C=C\CNC(c1ccccc1)c1ccccc1. The van der Waals surface area contributed by atoms with E-state index in [0.29, 0.717) is 0 Å². The van der Waals surface area contributed by atoms with Gasteiger partial charge in [-0.15, -0.1) is 0 Å². The second kappa shape index (κ2) is 7.52. The Morgan fingerprint density at radius 1 is 0.842 bits per heavy atom. The van der Waals surface area contributed by atoms with Crippen LogP contribution >= 0.6 is 0 Å². The molecule has 2 heteroatoms. The number of hydrogen-bond donors (Lipinski definition) is 2. The number of rotatable bonds is 6. The molecular formula is C17H19NO. The topological polar surface area (TPSA) is 32.3 Å². The van der Waals surface area contributed by atoms with Crippen molar-refractivity contribution in [2.75, 3.05) is 13.2 Å². The lowest BCUT2D eigenvalue weighted by atomic mass is 9.99. The van der Waals surface area contributed by atoms with Crippen molar-refractivity contribution in [1.29, 1.82) is 0 Å². The van der Waals surface area contributed by atoms with E-state index in [1.54, 1.807) is 6.08 Å². The number of aliphatic hydroxyl groups excluding tert-OH is 1. The molecule has 0 atom stereocenters. The minimum atomic E-state index is 0.0863. The van der Waals surface area contributed by atoms with E-state index in [-0.39, 0.29) is 12.6 Å². The zero-order chi connectivity index (χ0) is 13.3. The smallest absolute Gasteiger partial charge is 0.0612 e. The lowest BCUT2D eigenvalue weighted by Crippen LogP contribution is -2.22. The Morgan fingerprint density at radius 3 is 1.84 bits per heavy atom. The highest BCUT2D eigenvalue weighted by Crippen LogP contribution is 2.21. The average Bonchev–Trinajstić information content (AvgIpc) is 2.49. The first kappa shape index (κ1) is 13.5. The second-order valence-corrected chi connectivity index (χ2v) is 4.32. The lowest BCUT2D eigenvalue weighted by Gasteiger charge is -2.19. The molecule has 98 valence electrons. The Hall–Kier alpha value is -1.90. The fourth-order valence-corrected chi connectivity index (χ4v) is 2.06. The highest BCUT2D eigenvalue weighted by atomic mass is 16.2. The van der Waals surface area contributed by atoms with Crippen LogP contribution in [0.2, 0.25) is 0 Å². The maximum Gasteiger partial charge on any atom is 0.0612 e. The van der Waals surface area contributed by atoms with Crippen molar-refractivity contribution in [3.05, 3.63) is 83.9 Å². The van der Waals surface area contributed by atoms with Crippen molar-refractivity contribution < 1.29 is 5.11 Å². The highest BCUT2D eigenvalue weighted by Gasteiger charge is 2.11. The molecule has 0 amide bonds. The molecule has 0 aromatic heterocycles. The van der Waals surface area contributed by atoms with Crippen molar-refractivity contribution in [3.8, 4) is 0 Å². The first-order valence-electron chi connectivity index (χ1n) is 6.51. The predicted octanol–water partition coefficient (Wildman–Crippen LogP) is 2.91. The third-order valence-electron chi connectivity index (χ3n) is 2.98. The van der Waals surface area contributed by atoms with Gasteiger partial charge in [0.1, 0.15) is 0 Å². The summed E-state index contributed by atoms with van der Waals surface area (Å²) in [7, 11) is 0. The summed E-state index contributed by atoms with van der Waals surface area (Å²) in [5.74, 6) is 0. The second-order valence-electron chi connectivity index (χ2n) is 4.32. The van der Waals surface area contributed by atoms with Gasteiger partial charge in [-0.1, -0.05) is 72.8 Å². The first-order valence-corrected chi connectivity index (χ1v) is 6.51. The maximum atomic E-state index is 8.75. The van der Waals surface area contributed by atoms with Crippen LogP contribution in [-0.2, 0) is 0 Å². The summed E-state index contributed by atoms with van der Waals surface area (Å²) in [6, 6.07) is 20.9. The molecule has 0 saturated heterocycles. The Morgan fingerprint density at radius 2 is 1.37 bits per heavy atom. The van der Waals surface area contributed by atoms with Gasteiger partial charge in [-0.05, 0) is 11.1 Å². The summed E-state index contributed by atoms with van der Waals surface area (Å²) in [5.41, 5.74) is 2.48. The van der Waals surface area contributed by atoms with E-state index in [0.717, 1.165) is 6.54 Å². The maximum absolute atomic E-state index is 8.75. The summed E-state index contributed by atoms with van der Waals surface area (Å²) >= 11 is 0. The third kappa shape index (κ3) is 4.05. The summed E-state index contributed by atoms with van der Waals surface area (Å²) in [6.45, 7) is 0.817. The molecule has 0 aliphatic rings.